The molecule has 4 unspecified atom stereocenters. The van der Waals surface area contributed by atoms with E-state index in [9.17, 15) is 4.79 Å². The van der Waals surface area contributed by atoms with Gasteiger partial charge in [-0.1, -0.05) is 19.1 Å². The molecule has 3 aliphatic rings. The second-order valence-corrected chi connectivity index (χ2v) is 6.42. The summed E-state index contributed by atoms with van der Waals surface area (Å²) in [5, 5.41) is 3.45. The fourth-order valence-corrected chi connectivity index (χ4v) is 4.09. The van der Waals surface area contributed by atoms with E-state index in [0.29, 0.717) is 23.8 Å². The first-order valence-electron chi connectivity index (χ1n) is 7.99. The molecule has 2 fully saturated rings. The highest BCUT2D eigenvalue weighted by Crippen LogP contribution is 2.44. The maximum absolute atomic E-state index is 12.9. The molecule has 1 aliphatic heterocycles. The fourth-order valence-electron chi connectivity index (χ4n) is 4.09. The molecule has 106 valence electrons. The highest BCUT2D eigenvalue weighted by molar-refractivity contribution is 5.80. The first-order chi connectivity index (χ1) is 9.29. The van der Waals surface area contributed by atoms with E-state index in [0.717, 1.165) is 32.5 Å². The third kappa shape index (κ3) is 2.58. The molecule has 0 aromatic heterocycles. The fraction of sp³-hybridized carbons (Fsp3) is 0.812. The molecule has 1 amide bonds. The van der Waals surface area contributed by atoms with Crippen molar-refractivity contribution in [3.63, 3.8) is 0 Å². The van der Waals surface area contributed by atoms with Gasteiger partial charge >= 0.3 is 0 Å². The molecule has 3 rings (SSSR count). The average molecular weight is 262 g/mol. The van der Waals surface area contributed by atoms with Crippen molar-refractivity contribution in [1.29, 1.82) is 0 Å². The van der Waals surface area contributed by atoms with Gasteiger partial charge in [0.15, 0.2) is 0 Å². The van der Waals surface area contributed by atoms with E-state index in [1.165, 1.54) is 19.3 Å². The Morgan fingerprint density at radius 3 is 2.84 bits per heavy atom. The van der Waals surface area contributed by atoms with Crippen molar-refractivity contribution >= 4 is 5.91 Å². The minimum atomic E-state index is 0.281. The van der Waals surface area contributed by atoms with Gasteiger partial charge < -0.3 is 10.2 Å². The molecule has 1 heterocycles. The summed E-state index contributed by atoms with van der Waals surface area (Å²) in [5.74, 6) is 1.94. The van der Waals surface area contributed by atoms with Crippen LogP contribution in [0.15, 0.2) is 12.2 Å². The summed E-state index contributed by atoms with van der Waals surface area (Å²) in [6.07, 6.45) is 10.4. The number of rotatable bonds is 4. The van der Waals surface area contributed by atoms with E-state index in [1.807, 2.05) is 0 Å². The summed E-state index contributed by atoms with van der Waals surface area (Å²) in [6, 6.07) is 0.435. The predicted molar refractivity (Wildman–Crippen MR) is 76.7 cm³/mol. The van der Waals surface area contributed by atoms with Crippen LogP contribution in [0.25, 0.3) is 0 Å². The third-order valence-electron chi connectivity index (χ3n) is 5.06. The number of allylic oxidation sites excluding steroid dienone is 2. The van der Waals surface area contributed by atoms with Crippen LogP contribution in [-0.4, -0.2) is 36.5 Å². The Kier molecular flexibility index (Phi) is 3.92. The monoisotopic (exact) mass is 262 g/mol. The molecule has 19 heavy (non-hydrogen) atoms. The quantitative estimate of drug-likeness (QED) is 0.788. The van der Waals surface area contributed by atoms with E-state index >= 15 is 0 Å². The number of nitrogens with zero attached hydrogens (tertiary/aromatic N) is 1. The van der Waals surface area contributed by atoms with Crippen molar-refractivity contribution in [2.75, 3.05) is 19.6 Å². The van der Waals surface area contributed by atoms with Gasteiger partial charge in [-0.3, -0.25) is 4.79 Å². The highest BCUT2D eigenvalue weighted by Gasteiger charge is 2.42. The maximum atomic E-state index is 12.9. The van der Waals surface area contributed by atoms with Crippen molar-refractivity contribution in [1.82, 2.24) is 10.2 Å². The number of hydrogen-bond acceptors (Lipinski definition) is 2. The molecule has 2 aliphatic carbocycles. The van der Waals surface area contributed by atoms with Gasteiger partial charge in [-0.05, 0) is 50.5 Å². The van der Waals surface area contributed by atoms with Gasteiger partial charge in [0, 0.05) is 25.0 Å². The lowest BCUT2D eigenvalue weighted by Crippen LogP contribution is -2.51. The minimum Gasteiger partial charge on any atom is -0.338 e. The van der Waals surface area contributed by atoms with Crippen molar-refractivity contribution in [2.45, 2.75) is 45.1 Å². The van der Waals surface area contributed by atoms with Crippen molar-refractivity contribution in [3.05, 3.63) is 12.2 Å². The van der Waals surface area contributed by atoms with Gasteiger partial charge in [-0.2, -0.15) is 0 Å². The highest BCUT2D eigenvalue weighted by atomic mass is 16.2. The second-order valence-electron chi connectivity index (χ2n) is 6.42. The molecular weight excluding hydrogens is 236 g/mol. The number of carbonyl (C=O) groups is 1. The van der Waals surface area contributed by atoms with E-state index in [-0.39, 0.29) is 5.92 Å². The van der Waals surface area contributed by atoms with Gasteiger partial charge in [0.25, 0.3) is 0 Å². The molecule has 1 N–H and O–H groups in total. The zero-order valence-electron chi connectivity index (χ0n) is 12.0. The topological polar surface area (TPSA) is 32.3 Å². The Bertz CT molecular complexity index is 360. The van der Waals surface area contributed by atoms with Crippen LogP contribution < -0.4 is 5.32 Å². The third-order valence-corrected chi connectivity index (χ3v) is 5.06. The van der Waals surface area contributed by atoms with Crippen LogP contribution in [0.4, 0.5) is 0 Å². The average Bonchev–Trinajstić information content (AvgIpc) is 3.07. The summed E-state index contributed by atoms with van der Waals surface area (Å²) in [7, 11) is 0. The molecule has 3 nitrogen and oxygen atoms in total. The van der Waals surface area contributed by atoms with Crippen molar-refractivity contribution in [2.24, 2.45) is 17.8 Å². The van der Waals surface area contributed by atoms with Crippen LogP contribution in [0.5, 0.6) is 0 Å². The summed E-state index contributed by atoms with van der Waals surface area (Å²) < 4.78 is 0. The molecule has 0 aromatic rings. The summed E-state index contributed by atoms with van der Waals surface area (Å²) in [4.78, 5) is 15.1. The van der Waals surface area contributed by atoms with Crippen LogP contribution in [0.2, 0.25) is 0 Å². The zero-order valence-corrected chi connectivity index (χ0v) is 12.0. The molecule has 4 atom stereocenters. The Labute approximate surface area is 116 Å². The Morgan fingerprint density at radius 1 is 1.37 bits per heavy atom. The van der Waals surface area contributed by atoms with Crippen LogP contribution in [0.3, 0.4) is 0 Å². The Morgan fingerprint density at radius 2 is 2.26 bits per heavy atom. The number of fused-ring (bicyclic) bond motifs is 2. The number of hydrogen-bond donors (Lipinski definition) is 1. The van der Waals surface area contributed by atoms with Gasteiger partial charge in [0.2, 0.25) is 5.91 Å². The lowest BCUT2D eigenvalue weighted by Gasteiger charge is -2.37. The van der Waals surface area contributed by atoms with Gasteiger partial charge in [-0.25, -0.2) is 0 Å². The normalized spacial score (nSPS) is 36.7. The summed E-state index contributed by atoms with van der Waals surface area (Å²) in [6.45, 7) is 5.21. The minimum absolute atomic E-state index is 0.281. The first-order valence-corrected chi connectivity index (χ1v) is 7.99. The molecular formula is C16H26N2O. The molecule has 1 saturated carbocycles. The van der Waals surface area contributed by atoms with Gasteiger partial charge in [-0.15, -0.1) is 0 Å². The van der Waals surface area contributed by atoms with Crippen molar-refractivity contribution < 1.29 is 4.79 Å². The zero-order chi connectivity index (χ0) is 13.2. The molecule has 0 spiro atoms. The molecule has 2 bridgehead atoms. The SMILES string of the molecule is CCCN(C(=O)C1CC2C=CC1C2)C1CCCNC1. The number of nitrogens with one attached hydrogen (secondary N) is 1. The lowest BCUT2D eigenvalue weighted by molar-refractivity contribution is -0.139. The standard InChI is InChI=1S/C16H26N2O/c1-2-8-18(14-4-3-7-17-11-14)16(19)15-10-12-5-6-13(15)9-12/h5-6,12-15,17H,2-4,7-11H2,1H3. The number of carbonyl (C=O) groups excluding carboxylic acids is 1. The van der Waals surface area contributed by atoms with Crippen LogP contribution in [0.1, 0.15) is 39.0 Å². The Hall–Kier alpha value is -0.830. The number of amides is 1. The van der Waals surface area contributed by atoms with Gasteiger partial charge in [0.05, 0.1) is 0 Å². The van der Waals surface area contributed by atoms with E-state index < -0.39 is 0 Å². The van der Waals surface area contributed by atoms with Crippen LogP contribution in [0, 0.1) is 17.8 Å². The smallest absolute Gasteiger partial charge is 0.226 e. The summed E-state index contributed by atoms with van der Waals surface area (Å²) in [5.41, 5.74) is 0. The van der Waals surface area contributed by atoms with E-state index in [2.05, 4.69) is 29.3 Å². The second kappa shape index (κ2) is 5.66. The molecule has 0 radical (unpaired) electrons. The van der Waals surface area contributed by atoms with E-state index in [1.54, 1.807) is 0 Å². The van der Waals surface area contributed by atoms with Crippen LogP contribution in [-0.2, 0) is 4.79 Å². The lowest BCUT2D eigenvalue weighted by atomic mass is 9.91. The Balaban J connectivity index is 1.68. The first kappa shape index (κ1) is 13.2. The van der Waals surface area contributed by atoms with Crippen LogP contribution >= 0.6 is 0 Å². The van der Waals surface area contributed by atoms with E-state index in [4.69, 9.17) is 0 Å². The largest absolute Gasteiger partial charge is 0.338 e. The summed E-state index contributed by atoms with van der Waals surface area (Å²) >= 11 is 0. The predicted octanol–water partition coefficient (Wildman–Crippen LogP) is 2.19. The molecule has 1 saturated heterocycles. The molecule has 3 heteroatoms. The number of piperidine rings is 1. The van der Waals surface area contributed by atoms with Gasteiger partial charge in [0.1, 0.15) is 0 Å². The van der Waals surface area contributed by atoms with Crippen molar-refractivity contribution in [3.8, 4) is 0 Å². The maximum Gasteiger partial charge on any atom is 0.226 e. The molecule has 0 aromatic carbocycles.